The van der Waals surface area contributed by atoms with Gasteiger partial charge < -0.3 is 20.1 Å². The Hall–Kier alpha value is -1.14. The number of rotatable bonds is 5. The minimum Gasteiger partial charge on any atom is -0.467 e. The number of nitrogens with one attached hydrogen (secondary N) is 2. The zero-order valence-corrected chi connectivity index (χ0v) is 11.2. The number of hydrogen-bond acceptors (Lipinski definition) is 5. The van der Waals surface area contributed by atoms with E-state index in [1.54, 1.807) is 0 Å². The van der Waals surface area contributed by atoms with Crippen LogP contribution in [0.15, 0.2) is 0 Å². The largest absolute Gasteiger partial charge is 0.467 e. The van der Waals surface area contributed by atoms with Crippen molar-refractivity contribution in [3.8, 4) is 0 Å². The Bertz CT molecular complexity index is 300. The van der Waals surface area contributed by atoms with Gasteiger partial charge in [-0.05, 0) is 19.8 Å². The van der Waals surface area contributed by atoms with Crippen molar-refractivity contribution in [2.45, 2.75) is 38.3 Å². The van der Waals surface area contributed by atoms with Gasteiger partial charge in [-0.25, -0.2) is 4.79 Å². The van der Waals surface area contributed by atoms with Gasteiger partial charge in [-0.1, -0.05) is 0 Å². The van der Waals surface area contributed by atoms with Gasteiger partial charge in [-0.15, -0.1) is 0 Å². The van der Waals surface area contributed by atoms with Crippen LogP contribution in [0.2, 0.25) is 0 Å². The maximum absolute atomic E-state index is 11.5. The first kappa shape index (κ1) is 14.9. The highest BCUT2D eigenvalue weighted by Gasteiger charge is 2.29. The molecule has 104 valence electrons. The summed E-state index contributed by atoms with van der Waals surface area (Å²) in [5.74, 6) is -0.699. The van der Waals surface area contributed by atoms with E-state index in [4.69, 9.17) is 4.74 Å². The van der Waals surface area contributed by atoms with E-state index in [9.17, 15) is 9.59 Å². The van der Waals surface area contributed by atoms with Crippen molar-refractivity contribution in [1.29, 1.82) is 0 Å². The van der Waals surface area contributed by atoms with Crippen molar-refractivity contribution in [3.05, 3.63) is 0 Å². The molecule has 18 heavy (non-hydrogen) atoms. The second kappa shape index (κ2) is 6.70. The molecule has 0 aromatic heterocycles. The van der Waals surface area contributed by atoms with E-state index in [0.29, 0.717) is 13.2 Å². The number of methoxy groups -OCH3 is 1. The Balaban J connectivity index is 2.49. The maximum atomic E-state index is 11.5. The molecule has 1 rings (SSSR count). The van der Waals surface area contributed by atoms with Crippen molar-refractivity contribution >= 4 is 11.9 Å². The van der Waals surface area contributed by atoms with Crippen molar-refractivity contribution in [2.24, 2.45) is 0 Å². The predicted molar refractivity (Wildman–Crippen MR) is 66.1 cm³/mol. The third kappa shape index (κ3) is 4.62. The molecule has 2 atom stereocenters. The second-order valence-electron chi connectivity index (χ2n) is 4.87. The van der Waals surface area contributed by atoms with Crippen molar-refractivity contribution in [2.75, 3.05) is 26.9 Å². The summed E-state index contributed by atoms with van der Waals surface area (Å²) in [6.45, 7) is 5.16. The number of hydrogen-bond donors (Lipinski definition) is 2. The highest BCUT2D eigenvalue weighted by molar-refractivity contribution is 5.83. The fourth-order valence-electron chi connectivity index (χ4n) is 2.00. The molecular formula is C12H22N2O4. The van der Waals surface area contributed by atoms with E-state index in [1.165, 1.54) is 14.0 Å². The molecule has 1 amide bonds. The maximum Gasteiger partial charge on any atom is 0.329 e. The van der Waals surface area contributed by atoms with E-state index in [1.807, 2.05) is 6.92 Å². The Morgan fingerprint density at radius 3 is 2.72 bits per heavy atom. The van der Waals surface area contributed by atoms with Crippen LogP contribution >= 0.6 is 0 Å². The average molecular weight is 258 g/mol. The molecule has 1 aliphatic rings. The molecule has 6 nitrogen and oxygen atoms in total. The Kier molecular flexibility index (Phi) is 5.55. The molecule has 1 saturated heterocycles. The summed E-state index contributed by atoms with van der Waals surface area (Å²) in [5, 5.41) is 5.85. The lowest BCUT2D eigenvalue weighted by Crippen LogP contribution is -2.55. The second-order valence-corrected chi connectivity index (χ2v) is 4.87. The van der Waals surface area contributed by atoms with Gasteiger partial charge in [-0.2, -0.15) is 0 Å². The molecule has 0 aliphatic carbocycles. The first-order valence-corrected chi connectivity index (χ1v) is 6.14. The van der Waals surface area contributed by atoms with Crippen LogP contribution in [0.3, 0.4) is 0 Å². The molecule has 0 spiro atoms. The normalized spacial score (nSPS) is 25.3. The summed E-state index contributed by atoms with van der Waals surface area (Å²) in [7, 11) is 1.31. The van der Waals surface area contributed by atoms with Gasteiger partial charge in [0, 0.05) is 25.6 Å². The molecule has 2 N–H and O–H groups in total. The number of ether oxygens (including phenoxy) is 2. The molecule has 1 fully saturated rings. The van der Waals surface area contributed by atoms with Crippen LogP contribution in [-0.2, 0) is 19.1 Å². The van der Waals surface area contributed by atoms with E-state index in [2.05, 4.69) is 15.4 Å². The average Bonchev–Trinajstić information content (AvgIpc) is 2.34. The molecule has 0 aromatic rings. The summed E-state index contributed by atoms with van der Waals surface area (Å²) in [4.78, 5) is 22.6. The van der Waals surface area contributed by atoms with E-state index < -0.39 is 12.0 Å². The molecule has 1 aliphatic heterocycles. The molecule has 6 heteroatoms. The standard InChI is InChI=1S/C12H22N2O4/c1-9(15)14-10(11(16)17-3)7-13-12(2)5-4-6-18-8-12/h10,13H,4-8H2,1-3H3,(H,14,15). The third-order valence-electron chi connectivity index (χ3n) is 3.03. The van der Waals surface area contributed by atoms with Crippen LogP contribution < -0.4 is 10.6 Å². The van der Waals surface area contributed by atoms with Crippen LogP contribution in [0, 0.1) is 0 Å². The number of amides is 1. The molecule has 1 heterocycles. The van der Waals surface area contributed by atoms with Gasteiger partial charge in [0.15, 0.2) is 0 Å². The minimum absolute atomic E-state index is 0.150. The van der Waals surface area contributed by atoms with E-state index >= 15 is 0 Å². The first-order chi connectivity index (χ1) is 8.47. The van der Waals surface area contributed by atoms with Crippen LogP contribution in [-0.4, -0.2) is 50.3 Å². The fraction of sp³-hybridized carbons (Fsp3) is 0.833. The van der Waals surface area contributed by atoms with Gasteiger partial charge in [0.1, 0.15) is 6.04 Å². The molecule has 2 unspecified atom stereocenters. The molecular weight excluding hydrogens is 236 g/mol. The van der Waals surface area contributed by atoms with Crippen LogP contribution in [0.1, 0.15) is 26.7 Å². The van der Waals surface area contributed by atoms with E-state index in [-0.39, 0.29) is 11.4 Å². The lowest BCUT2D eigenvalue weighted by atomic mass is 9.94. The lowest BCUT2D eigenvalue weighted by Gasteiger charge is -2.35. The molecule has 0 saturated carbocycles. The topological polar surface area (TPSA) is 76.7 Å². The predicted octanol–water partition coefficient (Wildman–Crippen LogP) is -0.177. The Labute approximate surface area is 107 Å². The summed E-state index contributed by atoms with van der Waals surface area (Å²) in [6.07, 6.45) is 1.98. The zero-order chi connectivity index (χ0) is 13.6. The SMILES string of the molecule is COC(=O)C(CNC1(C)CCCOC1)NC(C)=O. The van der Waals surface area contributed by atoms with Gasteiger partial charge in [0.25, 0.3) is 0 Å². The van der Waals surface area contributed by atoms with Gasteiger partial charge >= 0.3 is 5.97 Å². The Morgan fingerprint density at radius 2 is 2.22 bits per heavy atom. The van der Waals surface area contributed by atoms with Crippen LogP contribution in [0.4, 0.5) is 0 Å². The van der Waals surface area contributed by atoms with Crippen molar-refractivity contribution < 1.29 is 19.1 Å². The molecule has 0 bridgehead atoms. The summed E-state index contributed by atoms with van der Waals surface area (Å²) in [6, 6.07) is -0.661. The van der Waals surface area contributed by atoms with Crippen molar-refractivity contribution in [1.82, 2.24) is 10.6 Å². The monoisotopic (exact) mass is 258 g/mol. The van der Waals surface area contributed by atoms with Gasteiger partial charge in [0.05, 0.1) is 13.7 Å². The first-order valence-electron chi connectivity index (χ1n) is 6.14. The van der Waals surface area contributed by atoms with Gasteiger partial charge in [-0.3, -0.25) is 4.79 Å². The summed E-state index contributed by atoms with van der Waals surface area (Å²) < 4.78 is 10.1. The highest BCUT2D eigenvalue weighted by Crippen LogP contribution is 2.17. The smallest absolute Gasteiger partial charge is 0.329 e. The van der Waals surface area contributed by atoms with Crippen LogP contribution in [0.5, 0.6) is 0 Å². The summed E-state index contributed by atoms with van der Waals surface area (Å²) in [5.41, 5.74) is -0.150. The van der Waals surface area contributed by atoms with Crippen LogP contribution in [0.25, 0.3) is 0 Å². The van der Waals surface area contributed by atoms with E-state index in [0.717, 1.165) is 19.4 Å². The fourth-order valence-corrected chi connectivity index (χ4v) is 2.00. The van der Waals surface area contributed by atoms with Gasteiger partial charge in [0.2, 0.25) is 5.91 Å². The molecule has 0 radical (unpaired) electrons. The molecule has 0 aromatic carbocycles. The zero-order valence-electron chi connectivity index (χ0n) is 11.2. The number of carbonyl (C=O) groups excluding carboxylic acids is 2. The lowest BCUT2D eigenvalue weighted by molar-refractivity contribution is -0.144. The minimum atomic E-state index is -0.661. The summed E-state index contributed by atoms with van der Waals surface area (Å²) >= 11 is 0. The van der Waals surface area contributed by atoms with Crippen molar-refractivity contribution in [3.63, 3.8) is 0 Å². The Morgan fingerprint density at radius 1 is 1.50 bits per heavy atom. The third-order valence-corrected chi connectivity index (χ3v) is 3.03. The quantitative estimate of drug-likeness (QED) is 0.669. The number of carbonyl (C=O) groups is 2. The highest BCUT2D eigenvalue weighted by atomic mass is 16.5. The number of esters is 1.